The Morgan fingerprint density at radius 1 is 1.08 bits per heavy atom. The van der Waals surface area contributed by atoms with E-state index >= 15 is 0 Å². The Morgan fingerprint density at radius 2 is 1.83 bits per heavy atom. The first kappa shape index (κ1) is 17.0. The van der Waals surface area contributed by atoms with Gasteiger partial charge in [0.1, 0.15) is 0 Å². The van der Waals surface area contributed by atoms with Crippen LogP contribution in [0.2, 0.25) is 0 Å². The number of likely N-dealkylation sites (tertiary alicyclic amines) is 1. The average molecular weight is 340 g/mol. The fourth-order valence-corrected chi connectivity index (χ4v) is 4.09. The molecule has 24 heavy (non-hydrogen) atoms. The summed E-state index contributed by atoms with van der Waals surface area (Å²) in [6.45, 7) is 1.81. The van der Waals surface area contributed by atoms with E-state index in [1.54, 1.807) is 0 Å². The minimum atomic E-state index is 0.301. The standard InChI is InChI=1S/C20H24N2OS/c23-20(10-9-17-6-2-1-3-7-17)22-14-11-18(12-15-22)16-24-19-8-4-5-13-21-19/h1-8,13,18H,9-12,14-16H2. The number of carbonyl (C=O) groups is 1. The molecule has 1 aromatic heterocycles. The van der Waals surface area contributed by atoms with Crippen LogP contribution in [0, 0.1) is 5.92 Å². The van der Waals surface area contributed by atoms with E-state index in [1.807, 2.05) is 53.2 Å². The smallest absolute Gasteiger partial charge is 0.222 e. The number of aryl methyl sites for hydroxylation is 1. The van der Waals surface area contributed by atoms with Gasteiger partial charge in [-0.25, -0.2) is 4.98 Å². The number of carbonyl (C=O) groups excluding carboxylic acids is 1. The van der Waals surface area contributed by atoms with E-state index in [-0.39, 0.29) is 0 Å². The van der Waals surface area contributed by atoms with Crippen LogP contribution in [-0.2, 0) is 11.2 Å². The van der Waals surface area contributed by atoms with Crippen molar-refractivity contribution in [2.45, 2.75) is 30.7 Å². The van der Waals surface area contributed by atoms with Gasteiger partial charge in [0, 0.05) is 31.5 Å². The molecule has 0 spiro atoms. The third kappa shape index (κ3) is 5.10. The van der Waals surface area contributed by atoms with Crippen molar-refractivity contribution in [3.05, 3.63) is 60.3 Å². The Labute approximate surface area is 148 Å². The van der Waals surface area contributed by atoms with E-state index in [2.05, 4.69) is 23.2 Å². The summed E-state index contributed by atoms with van der Waals surface area (Å²) < 4.78 is 0. The minimum absolute atomic E-state index is 0.301. The van der Waals surface area contributed by atoms with Gasteiger partial charge in [0.2, 0.25) is 5.91 Å². The largest absolute Gasteiger partial charge is 0.343 e. The molecule has 0 aliphatic carbocycles. The molecule has 2 heterocycles. The fraction of sp³-hybridized carbons (Fsp3) is 0.400. The average Bonchev–Trinajstić information content (AvgIpc) is 2.66. The van der Waals surface area contributed by atoms with Crippen molar-refractivity contribution in [1.82, 2.24) is 9.88 Å². The SMILES string of the molecule is O=C(CCc1ccccc1)N1CCC(CSc2ccccn2)CC1. The molecule has 0 radical (unpaired) electrons. The molecule has 126 valence electrons. The van der Waals surface area contributed by atoms with Crippen molar-refractivity contribution in [2.75, 3.05) is 18.8 Å². The molecule has 0 N–H and O–H groups in total. The molecule has 1 saturated heterocycles. The molecule has 4 heteroatoms. The van der Waals surface area contributed by atoms with E-state index in [0.717, 1.165) is 43.1 Å². The van der Waals surface area contributed by atoms with Crippen LogP contribution in [-0.4, -0.2) is 34.6 Å². The number of piperidine rings is 1. The lowest BCUT2D eigenvalue weighted by Crippen LogP contribution is -2.39. The van der Waals surface area contributed by atoms with Crippen LogP contribution in [0.4, 0.5) is 0 Å². The first-order chi connectivity index (χ1) is 11.8. The second-order valence-electron chi connectivity index (χ2n) is 6.29. The van der Waals surface area contributed by atoms with Crippen molar-refractivity contribution in [3.63, 3.8) is 0 Å². The van der Waals surface area contributed by atoms with Crippen molar-refractivity contribution in [1.29, 1.82) is 0 Å². The topological polar surface area (TPSA) is 33.2 Å². The lowest BCUT2D eigenvalue weighted by atomic mass is 9.98. The van der Waals surface area contributed by atoms with Gasteiger partial charge in [0.05, 0.1) is 5.03 Å². The van der Waals surface area contributed by atoms with Crippen molar-refractivity contribution >= 4 is 17.7 Å². The lowest BCUT2D eigenvalue weighted by molar-refractivity contribution is -0.132. The summed E-state index contributed by atoms with van der Waals surface area (Å²) in [4.78, 5) is 18.8. The third-order valence-corrected chi connectivity index (χ3v) is 5.72. The molecule has 1 aromatic carbocycles. The van der Waals surface area contributed by atoms with Gasteiger partial charge in [-0.2, -0.15) is 0 Å². The van der Waals surface area contributed by atoms with Crippen LogP contribution in [0.1, 0.15) is 24.8 Å². The second kappa shape index (κ2) is 8.88. The van der Waals surface area contributed by atoms with Gasteiger partial charge in [0.25, 0.3) is 0 Å². The molecule has 1 fully saturated rings. The molecule has 0 unspecified atom stereocenters. The number of amides is 1. The summed E-state index contributed by atoms with van der Waals surface area (Å²) in [5.41, 5.74) is 1.24. The van der Waals surface area contributed by atoms with Gasteiger partial charge >= 0.3 is 0 Å². The highest BCUT2D eigenvalue weighted by molar-refractivity contribution is 7.99. The number of aromatic nitrogens is 1. The van der Waals surface area contributed by atoms with E-state index in [4.69, 9.17) is 0 Å². The normalized spacial score (nSPS) is 15.4. The minimum Gasteiger partial charge on any atom is -0.343 e. The Hall–Kier alpha value is -1.81. The molecule has 1 amide bonds. The highest BCUT2D eigenvalue weighted by atomic mass is 32.2. The van der Waals surface area contributed by atoms with Crippen LogP contribution in [0.5, 0.6) is 0 Å². The van der Waals surface area contributed by atoms with Crippen molar-refractivity contribution in [3.8, 4) is 0 Å². The second-order valence-corrected chi connectivity index (χ2v) is 7.33. The van der Waals surface area contributed by atoms with Crippen LogP contribution >= 0.6 is 11.8 Å². The summed E-state index contributed by atoms with van der Waals surface area (Å²) in [6, 6.07) is 16.3. The molecule has 0 bridgehead atoms. The van der Waals surface area contributed by atoms with Crippen molar-refractivity contribution < 1.29 is 4.79 Å². The quantitative estimate of drug-likeness (QED) is 0.744. The number of hydrogen-bond donors (Lipinski definition) is 0. The molecule has 1 aliphatic rings. The van der Waals surface area contributed by atoms with Gasteiger partial charge in [-0.15, -0.1) is 11.8 Å². The number of benzene rings is 1. The molecule has 2 aromatic rings. The van der Waals surface area contributed by atoms with Gasteiger partial charge in [-0.1, -0.05) is 36.4 Å². The monoisotopic (exact) mass is 340 g/mol. The maximum atomic E-state index is 12.4. The molecule has 0 saturated carbocycles. The highest BCUT2D eigenvalue weighted by Gasteiger charge is 2.22. The van der Waals surface area contributed by atoms with Crippen LogP contribution in [0.3, 0.4) is 0 Å². The van der Waals surface area contributed by atoms with Gasteiger partial charge in [-0.05, 0) is 42.9 Å². The summed E-state index contributed by atoms with van der Waals surface area (Å²) in [6.07, 6.45) is 5.52. The summed E-state index contributed by atoms with van der Waals surface area (Å²) in [5, 5.41) is 1.10. The van der Waals surface area contributed by atoms with E-state index < -0.39 is 0 Å². The Morgan fingerprint density at radius 3 is 2.54 bits per heavy atom. The van der Waals surface area contributed by atoms with Crippen LogP contribution in [0.25, 0.3) is 0 Å². The summed E-state index contributed by atoms with van der Waals surface area (Å²) >= 11 is 1.83. The first-order valence-corrected chi connectivity index (χ1v) is 9.65. The maximum absolute atomic E-state index is 12.4. The number of thioether (sulfide) groups is 1. The molecule has 3 nitrogen and oxygen atoms in total. The Bertz CT molecular complexity index is 625. The van der Waals surface area contributed by atoms with Gasteiger partial charge in [0.15, 0.2) is 0 Å². The summed E-state index contributed by atoms with van der Waals surface area (Å²) in [7, 11) is 0. The molecular weight excluding hydrogens is 316 g/mol. The number of rotatable bonds is 6. The van der Waals surface area contributed by atoms with E-state index in [9.17, 15) is 4.79 Å². The first-order valence-electron chi connectivity index (χ1n) is 8.67. The number of pyridine rings is 1. The molecule has 1 aliphatic heterocycles. The third-order valence-electron chi connectivity index (χ3n) is 4.54. The van der Waals surface area contributed by atoms with E-state index in [0.29, 0.717) is 18.2 Å². The fourth-order valence-electron chi connectivity index (χ4n) is 3.04. The van der Waals surface area contributed by atoms with Gasteiger partial charge in [-0.3, -0.25) is 4.79 Å². The van der Waals surface area contributed by atoms with Crippen molar-refractivity contribution in [2.24, 2.45) is 5.92 Å². The predicted octanol–water partition coefficient (Wildman–Crippen LogP) is 4.05. The van der Waals surface area contributed by atoms with Crippen LogP contribution in [0.15, 0.2) is 59.8 Å². The molecule has 0 atom stereocenters. The zero-order valence-electron chi connectivity index (χ0n) is 13.9. The summed E-state index contributed by atoms with van der Waals surface area (Å²) in [5.74, 6) is 2.09. The number of hydrogen-bond acceptors (Lipinski definition) is 3. The predicted molar refractivity (Wildman–Crippen MR) is 99.0 cm³/mol. The highest BCUT2D eigenvalue weighted by Crippen LogP contribution is 2.25. The van der Waals surface area contributed by atoms with Gasteiger partial charge < -0.3 is 4.90 Å². The molecule has 3 rings (SSSR count). The van der Waals surface area contributed by atoms with E-state index in [1.165, 1.54) is 5.56 Å². The number of nitrogens with zero attached hydrogens (tertiary/aromatic N) is 2. The Balaban J connectivity index is 1.37. The van der Waals surface area contributed by atoms with Crippen LogP contribution < -0.4 is 0 Å². The maximum Gasteiger partial charge on any atom is 0.222 e. The molecular formula is C20H24N2OS. The zero-order valence-corrected chi connectivity index (χ0v) is 14.8. The zero-order chi connectivity index (χ0) is 16.6. The lowest BCUT2D eigenvalue weighted by Gasteiger charge is -2.32. The Kier molecular flexibility index (Phi) is 6.30.